The summed E-state index contributed by atoms with van der Waals surface area (Å²) in [4.78, 5) is 27.8. The lowest BCUT2D eigenvalue weighted by Gasteiger charge is -2.37. The molecule has 1 aliphatic rings. The summed E-state index contributed by atoms with van der Waals surface area (Å²) in [5, 5.41) is 5.54. The van der Waals surface area contributed by atoms with Crippen LogP contribution < -0.4 is 10.6 Å². The van der Waals surface area contributed by atoms with Crippen molar-refractivity contribution in [1.29, 1.82) is 0 Å². The molecule has 0 saturated heterocycles. The first-order valence-corrected chi connectivity index (χ1v) is 9.54. The minimum absolute atomic E-state index is 0.0805. The number of amides is 2. The second-order valence-electron chi connectivity index (χ2n) is 7.52. The first kappa shape index (κ1) is 20.4. The van der Waals surface area contributed by atoms with Gasteiger partial charge in [-0.3, -0.25) is 14.6 Å². The van der Waals surface area contributed by atoms with Crippen molar-refractivity contribution in [1.82, 2.24) is 15.6 Å². The molecule has 1 saturated carbocycles. The minimum Gasteiger partial charge on any atom is -0.368 e. The Labute approximate surface area is 156 Å². The van der Waals surface area contributed by atoms with Gasteiger partial charge in [0.15, 0.2) is 0 Å². The van der Waals surface area contributed by atoms with Gasteiger partial charge in [-0.25, -0.2) is 0 Å². The highest BCUT2D eigenvalue weighted by Gasteiger charge is 2.31. The molecule has 0 aromatic carbocycles. The summed E-state index contributed by atoms with van der Waals surface area (Å²) in [6, 6.07) is 3.41. The standard InChI is InChI=1S/C20H31N3O3/c1-14(2)17-7-6-15(3)11-18(17)26-13-19(24)22-9-10-23-20(25)16-5-4-8-21-12-16/h4-5,8,12,14-15,17-18H,6-7,9-11,13H2,1-3H3,(H,22,24)(H,23,25)/t15-,17-,18+/m1/s1. The molecule has 144 valence electrons. The molecule has 0 radical (unpaired) electrons. The smallest absolute Gasteiger partial charge is 0.252 e. The zero-order valence-corrected chi connectivity index (χ0v) is 16.0. The maximum Gasteiger partial charge on any atom is 0.252 e. The molecule has 1 aromatic heterocycles. The first-order valence-electron chi connectivity index (χ1n) is 9.54. The maximum atomic E-state index is 12.0. The van der Waals surface area contributed by atoms with Crippen LogP contribution in [-0.4, -0.2) is 42.6 Å². The molecule has 26 heavy (non-hydrogen) atoms. The summed E-state index contributed by atoms with van der Waals surface area (Å²) in [7, 11) is 0. The van der Waals surface area contributed by atoms with Crippen LogP contribution in [0, 0.1) is 17.8 Å². The van der Waals surface area contributed by atoms with Crippen LogP contribution in [0.4, 0.5) is 0 Å². The van der Waals surface area contributed by atoms with Crippen LogP contribution >= 0.6 is 0 Å². The number of ether oxygens (including phenoxy) is 1. The zero-order valence-electron chi connectivity index (χ0n) is 16.0. The number of rotatable bonds is 8. The highest BCUT2D eigenvalue weighted by molar-refractivity contribution is 5.93. The maximum absolute atomic E-state index is 12.0. The molecule has 0 spiro atoms. The quantitative estimate of drug-likeness (QED) is 0.697. The van der Waals surface area contributed by atoms with Gasteiger partial charge >= 0.3 is 0 Å². The van der Waals surface area contributed by atoms with Crippen molar-refractivity contribution in [3.05, 3.63) is 30.1 Å². The summed E-state index contributed by atoms with van der Waals surface area (Å²) >= 11 is 0. The Balaban J connectivity index is 1.64. The molecule has 2 amide bonds. The number of nitrogens with zero attached hydrogens (tertiary/aromatic N) is 1. The lowest BCUT2D eigenvalue weighted by molar-refractivity contribution is -0.131. The molecule has 0 unspecified atom stereocenters. The lowest BCUT2D eigenvalue weighted by Crippen LogP contribution is -2.39. The number of nitrogens with one attached hydrogen (secondary N) is 2. The van der Waals surface area contributed by atoms with E-state index in [1.165, 1.54) is 19.0 Å². The van der Waals surface area contributed by atoms with Gasteiger partial charge in [-0.15, -0.1) is 0 Å². The van der Waals surface area contributed by atoms with Crippen molar-refractivity contribution in [3.63, 3.8) is 0 Å². The van der Waals surface area contributed by atoms with Crippen LogP contribution in [0.5, 0.6) is 0 Å². The Bertz CT molecular complexity index is 577. The molecule has 0 aliphatic heterocycles. The summed E-state index contributed by atoms with van der Waals surface area (Å²) in [5.74, 6) is 1.41. The van der Waals surface area contributed by atoms with E-state index in [0.717, 1.165) is 6.42 Å². The van der Waals surface area contributed by atoms with Gasteiger partial charge in [0, 0.05) is 25.5 Å². The first-order chi connectivity index (χ1) is 12.5. The second kappa shape index (κ2) is 10.3. The fourth-order valence-corrected chi connectivity index (χ4v) is 3.52. The van der Waals surface area contributed by atoms with E-state index >= 15 is 0 Å². The molecular formula is C20H31N3O3. The van der Waals surface area contributed by atoms with Crippen LogP contribution in [0.25, 0.3) is 0 Å². The largest absolute Gasteiger partial charge is 0.368 e. The van der Waals surface area contributed by atoms with Gasteiger partial charge in [-0.2, -0.15) is 0 Å². The highest BCUT2D eigenvalue weighted by Crippen LogP contribution is 2.35. The SMILES string of the molecule is CC(C)[C@H]1CC[C@@H](C)C[C@@H]1OCC(=O)NCCNC(=O)c1cccnc1. The second-order valence-corrected chi connectivity index (χ2v) is 7.52. The van der Waals surface area contributed by atoms with Crippen LogP contribution in [0.15, 0.2) is 24.5 Å². The van der Waals surface area contributed by atoms with Crippen molar-refractivity contribution in [2.24, 2.45) is 17.8 Å². The number of aromatic nitrogens is 1. The third-order valence-electron chi connectivity index (χ3n) is 5.05. The molecule has 2 N–H and O–H groups in total. The van der Waals surface area contributed by atoms with Crippen molar-refractivity contribution in [3.8, 4) is 0 Å². The molecule has 2 rings (SSSR count). The number of hydrogen-bond donors (Lipinski definition) is 2. The van der Waals surface area contributed by atoms with E-state index in [2.05, 4.69) is 36.4 Å². The van der Waals surface area contributed by atoms with E-state index in [0.29, 0.717) is 36.4 Å². The van der Waals surface area contributed by atoms with Crippen LogP contribution in [0.1, 0.15) is 50.4 Å². The number of hydrogen-bond acceptors (Lipinski definition) is 4. The molecule has 6 nitrogen and oxygen atoms in total. The zero-order chi connectivity index (χ0) is 18.9. The molecule has 3 atom stereocenters. The normalized spacial score (nSPS) is 22.8. The predicted molar refractivity (Wildman–Crippen MR) is 101 cm³/mol. The van der Waals surface area contributed by atoms with E-state index in [4.69, 9.17) is 4.74 Å². The van der Waals surface area contributed by atoms with Crippen LogP contribution in [0.3, 0.4) is 0 Å². The fraction of sp³-hybridized carbons (Fsp3) is 0.650. The summed E-state index contributed by atoms with van der Waals surface area (Å²) in [6.45, 7) is 7.52. The van der Waals surface area contributed by atoms with Gasteiger partial charge in [-0.05, 0) is 42.7 Å². The molecule has 1 aliphatic carbocycles. The Morgan fingerprint density at radius 2 is 2.04 bits per heavy atom. The third kappa shape index (κ3) is 6.41. The molecule has 6 heteroatoms. The molecular weight excluding hydrogens is 330 g/mol. The summed E-state index contributed by atoms with van der Waals surface area (Å²) < 4.78 is 5.93. The monoisotopic (exact) mass is 361 g/mol. The van der Waals surface area contributed by atoms with Crippen LogP contribution in [-0.2, 0) is 9.53 Å². The lowest BCUT2D eigenvalue weighted by atomic mass is 9.75. The minimum atomic E-state index is -0.195. The van der Waals surface area contributed by atoms with Crippen molar-refractivity contribution < 1.29 is 14.3 Å². The fourth-order valence-electron chi connectivity index (χ4n) is 3.52. The Morgan fingerprint density at radius 3 is 2.73 bits per heavy atom. The van der Waals surface area contributed by atoms with E-state index in [-0.39, 0.29) is 24.5 Å². The van der Waals surface area contributed by atoms with E-state index in [1.807, 2.05) is 0 Å². The Morgan fingerprint density at radius 1 is 1.27 bits per heavy atom. The highest BCUT2D eigenvalue weighted by atomic mass is 16.5. The van der Waals surface area contributed by atoms with Gasteiger partial charge in [-0.1, -0.05) is 27.2 Å². The molecule has 1 fully saturated rings. The van der Waals surface area contributed by atoms with Gasteiger partial charge in [0.05, 0.1) is 11.7 Å². The van der Waals surface area contributed by atoms with Gasteiger partial charge in [0.1, 0.15) is 6.61 Å². The van der Waals surface area contributed by atoms with Gasteiger partial charge in [0.2, 0.25) is 5.91 Å². The van der Waals surface area contributed by atoms with Crippen LogP contribution in [0.2, 0.25) is 0 Å². The third-order valence-corrected chi connectivity index (χ3v) is 5.05. The van der Waals surface area contributed by atoms with Crippen molar-refractivity contribution in [2.45, 2.75) is 46.1 Å². The van der Waals surface area contributed by atoms with E-state index in [1.54, 1.807) is 18.3 Å². The number of pyridine rings is 1. The molecule has 1 aromatic rings. The van der Waals surface area contributed by atoms with Gasteiger partial charge < -0.3 is 15.4 Å². The predicted octanol–water partition coefficient (Wildman–Crippen LogP) is 2.40. The Hall–Kier alpha value is -1.95. The van der Waals surface area contributed by atoms with Crippen molar-refractivity contribution in [2.75, 3.05) is 19.7 Å². The van der Waals surface area contributed by atoms with E-state index in [9.17, 15) is 9.59 Å². The average Bonchev–Trinajstić information content (AvgIpc) is 2.64. The van der Waals surface area contributed by atoms with E-state index < -0.39 is 0 Å². The molecule has 1 heterocycles. The Kier molecular flexibility index (Phi) is 8.04. The topological polar surface area (TPSA) is 80.3 Å². The molecule has 0 bridgehead atoms. The summed E-state index contributed by atoms with van der Waals surface area (Å²) in [6.07, 6.45) is 6.73. The number of carbonyl (C=O) groups excluding carboxylic acids is 2. The number of carbonyl (C=O) groups is 2. The summed E-state index contributed by atoms with van der Waals surface area (Å²) in [5.41, 5.74) is 0.508. The van der Waals surface area contributed by atoms with Crippen molar-refractivity contribution >= 4 is 11.8 Å². The van der Waals surface area contributed by atoms with Gasteiger partial charge in [0.25, 0.3) is 5.91 Å². The average molecular weight is 361 g/mol.